The number of amides is 1. The van der Waals surface area contributed by atoms with Crippen LogP contribution in [0.5, 0.6) is 0 Å². The Morgan fingerprint density at radius 3 is 2.84 bits per heavy atom. The van der Waals surface area contributed by atoms with E-state index in [9.17, 15) is 9.18 Å². The Kier molecular flexibility index (Phi) is 4.24. The zero-order chi connectivity index (χ0) is 13.8. The number of benzene rings is 1. The van der Waals surface area contributed by atoms with E-state index in [0.717, 1.165) is 5.69 Å². The monoisotopic (exact) mass is 279 g/mol. The lowest BCUT2D eigenvalue weighted by atomic mass is 10.2. The number of rotatable bonds is 4. The average Bonchev–Trinajstić information content (AvgIpc) is 2.76. The maximum Gasteiger partial charge on any atom is 0.260 e. The molecule has 0 aliphatic rings. The van der Waals surface area contributed by atoms with E-state index < -0.39 is 11.7 Å². The fourth-order valence-electron chi connectivity index (χ4n) is 1.57. The molecule has 0 fully saturated rings. The molecule has 0 aliphatic carbocycles. The van der Waals surface area contributed by atoms with Gasteiger partial charge in [0.05, 0.1) is 11.3 Å². The molecule has 2 aromatic rings. The van der Waals surface area contributed by atoms with Gasteiger partial charge in [-0.25, -0.2) is 9.37 Å². The molecule has 6 heteroatoms. The van der Waals surface area contributed by atoms with Crippen molar-refractivity contribution < 1.29 is 9.18 Å². The fraction of sp³-hybridized carbons (Fsp3) is 0.231. The lowest BCUT2D eigenvalue weighted by molar-refractivity contribution is 0.102. The maximum atomic E-state index is 13.4. The van der Waals surface area contributed by atoms with Crippen molar-refractivity contribution in [2.75, 3.05) is 19.4 Å². The van der Waals surface area contributed by atoms with Gasteiger partial charge in [0.25, 0.3) is 5.91 Å². The fourth-order valence-corrected chi connectivity index (χ4v) is 2.27. The molecule has 1 aromatic carbocycles. The van der Waals surface area contributed by atoms with Crippen LogP contribution in [0.1, 0.15) is 16.1 Å². The zero-order valence-corrected chi connectivity index (χ0v) is 11.5. The summed E-state index contributed by atoms with van der Waals surface area (Å²) in [5.74, 6) is -1.02. The van der Waals surface area contributed by atoms with Crippen molar-refractivity contribution in [1.29, 1.82) is 0 Å². The highest BCUT2D eigenvalue weighted by molar-refractivity contribution is 7.13. The van der Waals surface area contributed by atoms with Crippen LogP contribution in [0.3, 0.4) is 0 Å². The largest absolute Gasteiger partial charge is 0.304 e. The molecule has 1 amide bonds. The van der Waals surface area contributed by atoms with E-state index >= 15 is 0 Å². The molecule has 19 heavy (non-hydrogen) atoms. The van der Waals surface area contributed by atoms with Gasteiger partial charge in [0.15, 0.2) is 5.13 Å². The Morgan fingerprint density at radius 1 is 1.42 bits per heavy atom. The molecule has 0 radical (unpaired) electrons. The van der Waals surface area contributed by atoms with E-state index in [4.69, 9.17) is 0 Å². The Bertz CT molecular complexity index is 583. The molecule has 1 heterocycles. The van der Waals surface area contributed by atoms with Crippen molar-refractivity contribution in [3.05, 3.63) is 46.7 Å². The van der Waals surface area contributed by atoms with Crippen LogP contribution in [0, 0.1) is 5.82 Å². The van der Waals surface area contributed by atoms with E-state index in [0.29, 0.717) is 11.7 Å². The Morgan fingerprint density at radius 2 is 2.16 bits per heavy atom. The Balaban J connectivity index is 2.07. The lowest BCUT2D eigenvalue weighted by Crippen LogP contribution is -2.14. The lowest BCUT2D eigenvalue weighted by Gasteiger charge is -2.05. The number of anilines is 1. The van der Waals surface area contributed by atoms with Crippen molar-refractivity contribution in [1.82, 2.24) is 9.88 Å². The van der Waals surface area contributed by atoms with Crippen LogP contribution >= 0.6 is 11.3 Å². The van der Waals surface area contributed by atoms with Gasteiger partial charge in [-0.1, -0.05) is 12.1 Å². The topological polar surface area (TPSA) is 45.2 Å². The second-order valence-electron chi connectivity index (χ2n) is 4.32. The number of aromatic nitrogens is 1. The Labute approximate surface area is 114 Å². The summed E-state index contributed by atoms with van der Waals surface area (Å²) >= 11 is 1.33. The summed E-state index contributed by atoms with van der Waals surface area (Å²) < 4.78 is 13.4. The number of thiazole rings is 1. The summed E-state index contributed by atoms with van der Waals surface area (Å²) in [6.45, 7) is 0.700. The third kappa shape index (κ3) is 3.59. The first-order valence-corrected chi connectivity index (χ1v) is 6.59. The van der Waals surface area contributed by atoms with Crippen LogP contribution in [-0.4, -0.2) is 29.9 Å². The third-order valence-corrected chi connectivity index (χ3v) is 3.18. The van der Waals surface area contributed by atoms with Crippen molar-refractivity contribution in [3.8, 4) is 0 Å². The summed E-state index contributed by atoms with van der Waals surface area (Å²) in [5, 5.41) is 4.95. The molecule has 0 spiro atoms. The molecule has 0 aliphatic heterocycles. The van der Waals surface area contributed by atoms with Crippen LogP contribution in [0.4, 0.5) is 9.52 Å². The van der Waals surface area contributed by atoms with Gasteiger partial charge in [-0.15, -0.1) is 11.3 Å². The van der Waals surface area contributed by atoms with Gasteiger partial charge in [-0.3, -0.25) is 10.1 Å². The SMILES string of the molecule is CN(C)Cc1csc(NC(=O)c2ccccc2F)n1. The molecule has 0 saturated heterocycles. The van der Waals surface area contributed by atoms with E-state index in [1.54, 1.807) is 12.1 Å². The van der Waals surface area contributed by atoms with Crippen LogP contribution in [-0.2, 0) is 6.54 Å². The maximum absolute atomic E-state index is 13.4. The summed E-state index contributed by atoms with van der Waals surface area (Å²) in [7, 11) is 3.88. The minimum absolute atomic E-state index is 0.0202. The molecule has 1 aromatic heterocycles. The molecule has 0 saturated carbocycles. The van der Waals surface area contributed by atoms with Crippen LogP contribution in [0.25, 0.3) is 0 Å². The summed E-state index contributed by atoms with van der Waals surface area (Å²) in [6.07, 6.45) is 0. The van der Waals surface area contributed by atoms with Crippen molar-refractivity contribution in [3.63, 3.8) is 0 Å². The van der Waals surface area contributed by atoms with Crippen LogP contribution in [0.15, 0.2) is 29.6 Å². The molecular weight excluding hydrogens is 265 g/mol. The number of nitrogens with zero attached hydrogens (tertiary/aromatic N) is 2. The van der Waals surface area contributed by atoms with E-state index in [2.05, 4.69) is 10.3 Å². The van der Waals surface area contributed by atoms with E-state index in [-0.39, 0.29) is 5.56 Å². The van der Waals surface area contributed by atoms with E-state index in [1.165, 1.54) is 23.5 Å². The van der Waals surface area contributed by atoms with Gasteiger partial charge >= 0.3 is 0 Å². The first kappa shape index (κ1) is 13.6. The van der Waals surface area contributed by atoms with Gasteiger partial charge in [-0.2, -0.15) is 0 Å². The van der Waals surface area contributed by atoms with Gasteiger partial charge in [0.2, 0.25) is 0 Å². The highest BCUT2D eigenvalue weighted by Crippen LogP contribution is 2.18. The summed E-state index contributed by atoms with van der Waals surface area (Å²) in [4.78, 5) is 18.1. The molecule has 4 nitrogen and oxygen atoms in total. The van der Waals surface area contributed by atoms with Crippen molar-refractivity contribution in [2.45, 2.75) is 6.54 Å². The normalized spacial score (nSPS) is 10.7. The van der Waals surface area contributed by atoms with Gasteiger partial charge in [-0.05, 0) is 26.2 Å². The Hall–Kier alpha value is -1.79. The predicted molar refractivity (Wildman–Crippen MR) is 73.9 cm³/mol. The number of hydrogen-bond donors (Lipinski definition) is 1. The highest BCUT2D eigenvalue weighted by Gasteiger charge is 2.12. The molecule has 100 valence electrons. The number of nitrogens with one attached hydrogen (secondary N) is 1. The van der Waals surface area contributed by atoms with Crippen LogP contribution < -0.4 is 5.32 Å². The second kappa shape index (κ2) is 5.90. The van der Waals surface area contributed by atoms with Gasteiger partial charge < -0.3 is 4.90 Å². The highest BCUT2D eigenvalue weighted by atomic mass is 32.1. The summed E-state index contributed by atoms with van der Waals surface area (Å²) in [5.41, 5.74) is 0.894. The smallest absolute Gasteiger partial charge is 0.260 e. The first-order valence-electron chi connectivity index (χ1n) is 5.71. The average molecular weight is 279 g/mol. The standard InChI is InChI=1S/C13H14FN3OS/c1-17(2)7-9-8-19-13(15-9)16-12(18)10-5-3-4-6-11(10)14/h3-6,8H,7H2,1-2H3,(H,15,16,18). The number of halogens is 1. The second-order valence-corrected chi connectivity index (χ2v) is 5.17. The summed E-state index contributed by atoms with van der Waals surface area (Å²) in [6, 6.07) is 5.87. The van der Waals surface area contributed by atoms with E-state index in [1.807, 2.05) is 24.4 Å². The van der Waals surface area contributed by atoms with Gasteiger partial charge in [0, 0.05) is 11.9 Å². The zero-order valence-electron chi connectivity index (χ0n) is 10.7. The minimum Gasteiger partial charge on any atom is -0.304 e. The molecule has 0 atom stereocenters. The van der Waals surface area contributed by atoms with Crippen molar-refractivity contribution in [2.24, 2.45) is 0 Å². The third-order valence-electron chi connectivity index (χ3n) is 2.37. The molecule has 0 unspecified atom stereocenters. The van der Waals surface area contributed by atoms with Gasteiger partial charge in [0.1, 0.15) is 5.82 Å². The number of carbonyl (C=O) groups excluding carboxylic acids is 1. The van der Waals surface area contributed by atoms with Crippen LogP contribution in [0.2, 0.25) is 0 Å². The molecule has 0 bridgehead atoms. The minimum atomic E-state index is -0.537. The number of hydrogen-bond acceptors (Lipinski definition) is 4. The molecular formula is C13H14FN3OS. The van der Waals surface area contributed by atoms with Crippen molar-refractivity contribution >= 4 is 22.4 Å². The molecule has 2 rings (SSSR count). The predicted octanol–water partition coefficient (Wildman–Crippen LogP) is 2.60. The first-order chi connectivity index (χ1) is 9.06. The number of carbonyl (C=O) groups is 1. The molecule has 1 N–H and O–H groups in total. The quantitative estimate of drug-likeness (QED) is 0.935.